The second-order valence-electron chi connectivity index (χ2n) is 3.99. The van der Waals surface area contributed by atoms with Gasteiger partial charge in [0.15, 0.2) is 0 Å². The van der Waals surface area contributed by atoms with E-state index in [1.165, 1.54) is 10.4 Å². The van der Waals surface area contributed by atoms with Gasteiger partial charge in [-0.2, -0.15) is 0 Å². The van der Waals surface area contributed by atoms with E-state index in [9.17, 15) is 0 Å². The third-order valence-corrected chi connectivity index (χ3v) is 7.05. The number of hydrogen-bond acceptors (Lipinski definition) is 1. The van der Waals surface area contributed by atoms with Gasteiger partial charge in [0.25, 0.3) is 0 Å². The summed E-state index contributed by atoms with van der Waals surface area (Å²) in [6.45, 7) is 4.06. The van der Waals surface area contributed by atoms with Crippen LogP contribution in [-0.4, -0.2) is 15.3 Å². The summed E-state index contributed by atoms with van der Waals surface area (Å²) in [5.41, 5.74) is 2.09. The van der Waals surface area contributed by atoms with Gasteiger partial charge in [-0.25, -0.2) is 0 Å². The van der Waals surface area contributed by atoms with Crippen LogP contribution in [0.15, 0.2) is 72.9 Å². The van der Waals surface area contributed by atoms with Crippen molar-refractivity contribution in [2.45, 2.75) is 0 Å². The van der Waals surface area contributed by atoms with E-state index in [2.05, 4.69) is 65.8 Å². The van der Waals surface area contributed by atoms with E-state index in [4.69, 9.17) is 0 Å². The molecule has 2 aromatic rings. The summed E-state index contributed by atoms with van der Waals surface area (Å²) in [7, 11) is 0.0400. The Morgan fingerprint density at radius 1 is 0.882 bits per heavy atom. The van der Waals surface area contributed by atoms with Gasteiger partial charge in [0.05, 0.1) is 0 Å². The summed E-state index contributed by atoms with van der Waals surface area (Å²) in [4.78, 5) is 3.52. The molecule has 0 aliphatic rings. The first-order valence-electron chi connectivity index (χ1n) is 5.77. The fourth-order valence-corrected chi connectivity index (χ4v) is 5.22. The third kappa shape index (κ3) is 2.09. The zero-order valence-electron chi connectivity index (χ0n) is 10.1. The minimum absolute atomic E-state index is 1.34. The zero-order chi connectivity index (χ0) is 12.1. The van der Waals surface area contributed by atoms with E-state index in [0.29, 0.717) is 0 Å². The van der Waals surface area contributed by atoms with E-state index in [1.807, 2.05) is 19.2 Å². The molecule has 0 heterocycles. The Morgan fingerprint density at radius 2 is 1.29 bits per heavy atom. The standard InChI is InChI=1S/C15H17NSi/c1-3-17(16-2,14-10-6-4-7-11-14)15-12-8-5-9-13-15/h3-13,16H,1H2,2H3. The van der Waals surface area contributed by atoms with Crippen molar-refractivity contribution in [1.29, 1.82) is 0 Å². The van der Waals surface area contributed by atoms with Crippen LogP contribution in [0.25, 0.3) is 0 Å². The highest BCUT2D eigenvalue weighted by Crippen LogP contribution is 2.02. The monoisotopic (exact) mass is 239 g/mol. The van der Waals surface area contributed by atoms with Crippen molar-refractivity contribution in [3.63, 3.8) is 0 Å². The Balaban J connectivity index is 2.58. The lowest BCUT2D eigenvalue weighted by atomic mass is 10.4. The molecule has 0 aromatic heterocycles. The van der Waals surface area contributed by atoms with Crippen LogP contribution in [-0.2, 0) is 0 Å². The van der Waals surface area contributed by atoms with Gasteiger partial charge in [-0.05, 0) is 17.4 Å². The minimum atomic E-state index is -1.98. The van der Waals surface area contributed by atoms with Crippen LogP contribution in [0.4, 0.5) is 0 Å². The van der Waals surface area contributed by atoms with Crippen molar-refractivity contribution in [2.75, 3.05) is 7.05 Å². The summed E-state index contributed by atoms with van der Waals surface area (Å²) in [6.07, 6.45) is 0. The van der Waals surface area contributed by atoms with Crippen LogP contribution in [0.1, 0.15) is 0 Å². The fourth-order valence-electron chi connectivity index (χ4n) is 2.20. The first kappa shape index (κ1) is 11.8. The SMILES string of the molecule is C=C[Si](NC)(c1ccccc1)c1ccccc1. The molecule has 1 nitrogen and oxygen atoms in total. The van der Waals surface area contributed by atoms with Gasteiger partial charge in [-0.1, -0.05) is 66.4 Å². The highest BCUT2D eigenvalue weighted by atomic mass is 28.3. The zero-order valence-corrected chi connectivity index (χ0v) is 11.1. The Morgan fingerprint density at radius 3 is 1.59 bits per heavy atom. The molecule has 17 heavy (non-hydrogen) atoms. The number of benzene rings is 2. The quantitative estimate of drug-likeness (QED) is 0.801. The Hall–Kier alpha value is -1.64. The molecule has 86 valence electrons. The third-order valence-electron chi connectivity index (χ3n) is 3.16. The van der Waals surface area contributed by atoms with Crippen LogP contribution in [0.2, 0.25) is 0 Å². The number of rotatable bonds is 4. The molecule has 2 heteroatoms. The summed E-state index contributed by atoms with van der Waals surface area (Å²) in [5, 5.41) is 2.67. The van der Waals surface area contributed by atoms with Crippen molar-refractivity contribution < 1.29 is 0 Å². The van der Waals surface area contributed by atoms with Crippen LogP contribution < -0.4 is 15.4 Å². The van der Waals surface area contributed by atoms with Crippen LogP contribution >= 0.6 is 0 Å². The van der Waals surface area contributed by atoms with Gasteiger partial charge in [-0.3, -0.25) is 0 Å². The molecule has 0 bridgehead atoms. The van der Waals surface area contributed by atoms with Gasteiger partial charge in [-0.15, -0.1) is 6.58 Å². The molecule has 0 atom stereocenters. The lowest BCUT2D eigenvalue weighted by Gasteiger charge is -2.28. The molecule has 0 saturated heterocycles. The maximum Gasteiger partial charge on any atom is 0.214 e. The van der Waals surface area contributed by atoms with E-state index in [0.717, 1.165) is 0 Å². The largest absolute Gasteiger partial charge is 0.330 e. The molecule has 0 aliphatic heterocycles. The van der Waals surface area contributed by atoms with Crippen molar-refractivity contribution >= 4 is 18.6 Å². The molecule has 0 fully saturated rings. The van der Waals surface area contributed by atoms with Gasteiger partial charge >= 0.3 is 0 Å². The topological polar surface area (TPSA) is 12.0 Å². The minimum Gasteiger partial charge on any atom is -0.330 e. The summed E-state index contributed by atoms with van der Waals surface area (Å²) >= 11 is 0. The predicted molar refractivity (Wildman–Crippen MR) is 77.2 cm³/mol. The van der Waals surface area contributed by atoms with E-state index in [1.54, 1.807) is 0 Å². The molecule has 2 rings (SSSR count). The van der Waals surface area contributed by atoms with Crippen LogP contribution in [0.3, 0.4) is 0 Å². The average molecular weight is 239 g/mol. The highest BCUT2D eigenvalue weighted by Gasteiger charge is 2.32. The van der Waals surface area contributed by atoms with Gasteiger partial charge in [0.2, 0.25) is 8.24 Å². The second kappa shape index (κ2) is 5.12. The normalized spacial score (nSPS) is 11.1. The first-order chi connectivity index (χ1) is 8.33. The lowest BCUT2D eigenvalue weighted by molar-refractivity contribution is 1.20. The van der Waals surface area contributed by atoms with E-state index in [-0.39, 0.29) is 0 Å². The molecule has 1 N–H and O–H groups in total. The Bertz CT molecular complexity index is 439. The maximum atomic E-state index is 4.06. The summed E-state index contributed by atoms with van der Waals surface area (Å²) in [6, 6.07) is 21.1. The molecule has 0 unspecified atom stereocenters. The van der Waals surface area contributed by atoms with Gasteiger partial charge in [0, 0.05) is 0 Å². The van der Waals surface area contributed by atoms with Crippen molar-refractivity contribution in [2.24, 2.45) is 0 Å². The predicted octanol–water partition coefficient (Wildman–Crippen LogP) is 1.69. The molecule has 2 aromatic carbocycles. The summed E-state index contributed by atoms with van der Waals surface area (Å²) < 4.78 is 0. The lowest BCUT2D eigenvalue weighted by Crippen LogP contribution is -2.66. The van der Waals surface area contributed by atoms with Gasteiger partial charge in [0.1, 0.15) is 0 Å². The molecule has 0 aliphatic carbocycles. The fraction of sp³-hybridized carbons (Fsp3) is 0.0667. The van der Waals surface area contributed by atoms with E-state index >= 15 is 0 Å². The smallest absolute Gasteiger partial charge is 0.214 e. The van der Waals surface area contributed by atoms with Crippen molar-refractivity contribution in [1.82, 2.24) is 4.98 Å². The first-order valence-corrected chi connectivity index (χ1v) is 7.85. The Labute approximate surface area is 104 Å². The molecule has 0 spiro atoms. The maximum absolute atomic E-state index is 4.06. The second-order valence-corrected chi connectivity index (χ2v) is 7.67. The van der Waals surface area contributed by atoms with Crippen molar-refractivity contribution in [3.05, 3.63) is 72.9 Å². The van der Waals surface area contributed by atoms with E-state index < -0.39 is 8.24 Å². The van der Waals surface area contributed by atoms with Crippen molar-refractivity contribution in [3.8, 4) is 0 Å². The summed E-state index contributed by atoms with van der Waals surface area (Å²) in [5.74, 6) is 0. The molecule has 0 saturated carbocycles. The molecule has 0 radical (unpaired) electrons. The Kier molecular flexibility index (Phi) is 3.57. The van der Waals surface area contributed by atoms with Gasteiger partial charge < -0.3 is 4.98 Å². The number of hydrogen-bond donors (Lipinski definition) is 1. The molecule has 0 amide bonds. The number of nitrogens with one attached hydrogen (secondary N) is 1. The molecular formula is C15H17NSi. The van der Waals surface area contributed by atoms with Crippen LogP contribution in [0, 0.1) is 0 Å². The molecular weight excluding hydrogens is 222 g/mol. The van der Waals surface area contributed by atoms with Crippen LogP contribution in [0.5, 0.6) is 0 Å². The highest BCUT2D eigenvalue weighted by molar-refractivity contribution is 7.04. The average Bonchev–Trinajstić information content (AvgIpc) is 2.43.